The smallest absolute Gasteiger partial charge is 0.0773 e. The van der Waals surface area contributed by atoms with Crippen LogP contribution in [0.3, 0.4) is 0 Å². The molecule has 102 valence electrons. The highest BCUT2D eigenvalue weighted by atomic mass is 16.5. The molecule has 2 N–H and O–H groups in total. The molecule has 0 bridgehead atoms. The van der Waals surface area contributed by atoms with Gasteiger partial charge in [0.2, 0.25) is 0 Å². The van der Waals surface area contributed by atoms with Crippen LogP contribution in [-0.2, 0) is 4.74 Å². The van der Waals surface area contributed by atoms with Gasteiger partial charge >= 0.3 is 0 Å². The monoisotopic (exact) mass is 242 g/mol. The van der Waals surface area contributed by atoms with E-state index in [0.717, 1.165) is 18.9 Å². The standard InChI is InChI=1S/C14H30N2O/c1-11(2)16(10-12-6-7-12)9-8-13(15)14(3,4)17-5/h11-13H,6-10,15H2,1-5H3. The topological polar surface area (TPSA) is 38.5 Å². The third-order valence-electron chi connectivity index (χ3n) is 4.07. The van der Waals surface area contributed by atoms with Crippen LogP contribution in [0, 0.1) is 5.92 Å². The van der Waals surface area contributed by atoms with Crippen LogP contribution >= 0.6 is 0 Å². The van der Waals surface area contributed by atoms with Crippen molar-refractivity contribution in [2.45, 2.75) is 64.6 Å². The van der Waals surface area contributed by atoms with Crippen molar-refractivity contribution in [3.8, 4) is 0 Å². The molecule has 1 saturated carbocycles. The zero-order valence-corrected chi connectivity index (χ0v) is 12.2. The lowest BCUT2D eigenvalue weighted by Gasteiger charge is -2.33. The molecule has 0 radical (unpaired) electrons. The molecular formula is C14H30N2O. The fraction of sp³-hybridized carbons (Fsp3) is 1.00. The van der Waals surface area contributed by atoms with Gasteiger partial charge in [-0.05, 0) is 59.4 Å². The van der Waals surface area contributed by atoms with Crippen molar-refractivity contribution in [3.63, 3.8) is 0 Å². The predicted octanol–water partition coefficient (Wildman–Crippen LogP) is 2.25. The van der Waals surface area contributed by atoms with Crippen LogP contribution in [0.2, 0.25) is 0 Å². The second-order valence-corrected chi connectivity index (χ2v) is 6.23. The average molecular weight is 242 g/mol. The fourth-order valence-electron chi connectivity index (χ4n) is 2.00. The molecule has 1 fully saturated rings. The molecule has 0 saturated heterocycles. The maximum Gasteiger partial charge on any atom is 0.0773 e. The van der Waals surface area contributed by atoms with E-state index >= 15 is 0 Å². The van der Waals surface area contributed by atoms with Crippen LogP contribution in [0.25, 0.3) is 0 Å². The molecule has 0 heterocycles. The van der Waals surface area contributed by atoms with Crippen LogP contribution in [0.15, 0.2) is 0 Å². The number of hydrogen-bond acceptors (Lipinski definition) is 3. The van der Waals surface area contributed by atoms with Crippen molar-refractivity contribution >= 4 is 0 Å². The average Bonchev–Trinajstić information content (AvgIpc) is 3.06. The lowest BCUT2D eigenvalue weighted by molar-refractivity contribution is -0.00454. The Labute approximate surface area is 107 Å². The summed E-state index contributed by atoms with van der Waals surface area (Å²) in [5.41, 5.74) is 5.99. The first-order valence-corrected chi connectivity index (χ1v) is 6.91. The van der Waals surface area contributed by atoms with E-state index in [0.29, 0.717) is 6.04 Å². The van der Waals surface area contributed by atoms with Gasteiger partial charge < -0.3 is 15.4 Å². The van der Waals surface area contributed by atoms with E-state index in [4.69, 9.17) is 10.5 Å². The SMILES string of the molecule is COC(C)(C)C(N)CCN(CC1CC1)C(C)C. The van der Waals surface area contributed by atoms with Crippen molar-refractivity contribution in [1.82, 2.24) is 4.90 Å². The third kappa shape index (κ3) is 4.94. The summed E-state index contributed by atoms with van der Waals surface area (Å²) in [4.78, 5) is 2.56. The molecule has 0 aromatic heterocycles. The number of nitrogens with two attached hydrogens (primary N) is 1. The molecule has 1 aliphatic carbocycles. The van der Waals surface area contributed by atoms with Crippen LogP contribution in [0.1, 0.15) is 47.0 Å². The Morgan fingerprint density at radius 1 is 1.35 bits per heavy atom. The third-order valence-corrected chi connectivity index (χ3v) is 4.07. The normalized spacial score (nSPS) is 19.1. The molecule has 1 aliphatic rings. The first kappa shape index (κ1) is 14.9. The largest absolute Gasteiger partial charge is 0.377 e. The Bertz CT molecular complexity index is 224. The number of ether oxygens (including phenoxy) is 1. The molecule has 1 atom stereocenters. The summed E-state index contributed by atoms with van der Waals surface area (Å²) < 4.78 is 5.44. The van der Waals surface area contributed by atoms with E-state index < -0.39 is 0 Å². The van der Waals surface area contributed by atoms with Gasteiger partial charge in [0, 0.05) is 25.7 Å². The maximum absolute atomic E-state index is 6.21. The molecule has 17 heavy (non-hydrogen) atoms. The highest BCUT2D eigenvalue weighted by Gasteiger charge is 2.28. The lowest BCUT2D eigenvalue weighted by atomic mass is 9.96. The molecule has 3 nitrogen and oxygen atoms in total. The van der Waals surface area contributed by atoms with Gasteiger partial charge in [0.25, 0.3) is 0 Å². The van der Waals surface area contributed by atoms with Gasteiger partial charge in [0.15, 0.2) is 0 Å². The molecule has 0 aliphatic heterocycles. The molecule has 0 amide bonds. The van der Waals surface area contributed by atoms with Crippen molar-refractivity contribution in [1.29, 1.82) is 0 Å². The molecule has 3 heteroatoms. The zero-order valence-electron chi connectivity index (χ0n) is 12.2. The Morgan fingerprint density at radius 2 is 1.94 bits per heavy atom. The molecule has 1 unspecified atom stereocenters. The predicted molar refractivity (Wildman–Crippen MR) is 73.1 cm³/mol. The van der Waals surface area contributed by atoms with E-state index in [9.17, 15) is 0 Å². The van der Waals surface area contributed by atoms with E-state index in [1.54, 1.807) is 7.11 Å². The Hall–Kier alpha value is -0.120. The molecular weight excluding hydrogens is 212 g/mol. The lowest BCUT2D eigenvalue weighted by Crippen LogP contribution is -2.47. The van der Waals surface area contributed by atoms with Crippen LogP contribution < -0.4 is 5.73 Å². The van der Waals surface area contributed by atoms with Gasteiger partial charge in [-0.1, -0.05) is 0 Å². The first-order valence-electron chi connectivity index (χ1n) is 6.91. The van der Waals surface area contributed by atoms with E-state index in [-0.39, 0.29) is 11.6 Å². The van der Waals surface area contributed by atoms with E-state index in [1.165, 1.54) is 19.4 Å². The summed E-state index contributed by atoms with van der Waals surface area (Å²) in [6.07, 6.45) is 3.84. The van der Waals surface area contributed by atoms with E-state index in [2.05, 4.69) is 32.6 Å². The number of hydrogen-bond donors (Lipinski definition) is 1. The van der Waals surface area contributed by atoms with E-state index in [1.807, 2.05) is 0 Å². The molecule has 1 rings (SSSR count). The van der Waals surface area contributed by atoms with Crippen LogP contribution in [0.4, 0.5) is 0 Å². The van der Waals surface area contributed by atoms with Crippen molar-refractivity contribution in [3.05, 3.63) is 0 Å². The number of nitrogens with zero attached hydrogens (tertiary/aromatic N) is 1. The quantitative estimate of drug-likeness (QED) is 0.709. The highest BCUT2D eigenvalue weighted by molar-refractivity contribution is 4.85. The summed E-state index contributed by atoms with van der Waals surface area (Å²) in [6, 6.07) is 0.724. The van der Waals surface area contributed by atoms with Gasteiger partial charge in [-0.25, -0.2) is 0 Å². The summed E-state index contributed by atoms with van der Waals surface area (Å²) in [5.74, 6) is 0.948. The summed E-state index contributed by atoms with van der Waals surface area (Å²) in [7, 11) is 1.74. The summed E-state index contributed by atoms with van der Waals surface area (Å²) in [5, 5.41) is 0. The molecule has 0 aromatic rings. The fourth-order valence-corrected chi connectivity index (χ4v) is 2.00. The minimum absolute atomic E-state index is 0.105. The Kier molecular flexibility index (Phi) is 5.42. The summed E-state index contributed by atoms with van der Waals surface area (Å²) >= 11 is 0. The second kappa shape index (κ2) is 6.17. The van der Waals surface area contributed by atoms with Crippen LogP contribution in [-0.4, -0.2) is 42.8 Å². The van der Waals surface area contributed by atoms with Crippen molar-refractivity contribution < 1.29 is 4.74 Å². The first-order chi connectivity index (χ1) is 7.86. The molecule has 0 aromatic carbocycles. The minimum Gasteiger partial charge on any atom is -0.377 e. The minimum atomic E-state index is -0.220. The van der Waals surface area contributed by atoms with Crippen LogP contribution in [0.5, 0.6) is 0 Å². The second-order valence-electron chi connectivity index (χ2n) is 6.23. The van der Waals surface area contributed by atoms with Gasteiger partial charge in [-0.3, -0.25) is 0 Å². The van der Waals surface area contributed by atoms with Gasteiger partial charge in [-0.2, -0.15) is 0 Å². The van der Waals surface area contributed by atoms with Gasteiger partial charge in [-0.15, -0.1) is 0 Å². The van der Waals surface area contributed by atoms with Crippen molar-refractivity contribution in [2.24, 2.45) is 11.7 Å². The number of rotatable bonds is 8. The number of methoxy groups -OCH3 is 1. The van der Waals surface area contributed by atoms with Crippen molar-refractivity contribution in [2.75, 3.05) is 20.2 Å². The highest BCUT2D eigenvalue weighted by Crippen LogP contribution is 2.30. The zero-order chi connectivity index (χ0) is 13.1. The summed E-state index contributed by atoms with van der Waals surface area (Å²) in [6.45, 7) is 11.0. The van der Waals surface area contributed by atoms with Gasteiger partial charge in [0.05, 0.1) is 5.60 Å². The molecule has 0 spiro atoms. The van der Waals surface area contributed by atoms with Gasteiger partial charge in [0.1, 0.15) is 0 Å². The Morgan fingerprint density at radius 3 is 2.35 bits per heavy atom. The Balaban J connectivity index is 2.34. The maximum atomic E-state index is 6.21.